The summed E-state index contributed by atoms with van der Waals surface area (Å²) in [4.78, 5) is 13.0. The van der Waals surface area contributed by atoms with Gasteiger partial charge >= 0.3 is 8.60 Å². The smallest absolute Gasteiger partial charge is 0.332 e. The predicted molar refractivity (Wildman–Crippen MR) is 167 cm³/mol. The third kappa shape index (κ3) is 13.5. The Kier molecular flexibility index (Phi) is 16.2. The molecule has 6 nitrogen and oxygen atoms in total. The number of amides is 1. The van der Waals surface area contributed by atoms with E-state index < -0.39 is 8.60 Å². The Hall–Kier alpha value is -2.76. The highest BCUT2D eigenvalue weighted by Gasteiger charge is 2.13. The van der Waals surface area contributed by atoms with Gasteiger partial charge in [-0.05, 0) is 103 Å². The van der Waals surface area contributed by atoms with Crippen LogP contribution in [0.5, 0.6) is 5.75 Å². The maximum Gasteiger partial charge on any atom is 0.332 e. The lowest BCUT2D eigenvalue weighted by molar-refractivity contribution is 0.102. The van der Waals surface area contributed by atoms with Gasteiger partial charge in [-0.2, -0.15) is 0 Å². The van der Waals surface area contributed by atoms with Gasteiger partial charge in [0, 0.05) is 5.69 Å². The van der Waals surface area contributed by atoms with E-state index in [4.69, 9.17) is 18.3 Å². The van der Waals surface area contributed by atoms with Crippen LogP contribution in [-0.4, -0.2) is 25.7 Å². The Morgan fingerprint density at radius 1 is 0.800 bits per heavy atom. The van der Waals surface area contributed by atoms with Crippen LogP contribution in [-0.2, 0) is 20.2 Å². The van der Waals surface area contributed by atoms with Crippen LogP contribution in [0.2, 0.25) is 0 Å². The van der Waals surface area contributed by atoms with E-state index in [0.29, 0.717) is 43.4 Å². The highest BCUT2D eigenvalue weighted by Crippen LogP contribution is 2.40. The highest BCUT2D eigenvalue weighted by atomic mass is 31.2. The minimum absolute atomic E-state index is 0.217. The third-order valence-electron chi connectivity index (χ3n) is 5.94. The zero-order chi connectivity index (χ0) is 29.2. The van der Waals surface area contributed by atoms with Crippen LogP contribution in [0.25, 0.3) is 0 Å². The fourth-order valence-corrected chi connectivity index (χ4v) is 4.62. The predicted octanol–water partition coefficient (Wildman–Crippen LogP) is 9.55. The van der Waals surface area contributed by atoms with E-state index in [1.807, 2.05) is 56.3 Å². The molecule has 0 fully saturated rings. The van der Waals surface area contributed by atoms with Crippen LogP contribution < -0.4 is 10.1 Å². The van der Waals surface area contributed by atoms with Gasteiger partial charge in [-0.3, -0.25) is 4.79 Å². The molecule has 2 aromatic rings. The molecule has 0 spiro atoms. The molecule has 40 heavy (non-hydrogen) atoms. The first-order chi connectivity index (χ1) is 19.3. The zero-order valence-electron chi connectivity index (χ0n) is 25.0. The quantitative estimate of drug-likeness (QED) is 0.144. The standard InChI is InChI=1S/C33H46NO5P/c1-7-37-40(38-8-2)39-25-29-19-21-30(22-20-29)34-33(35)31-17-9-10-18-32(31)36-24-23-28(6)16-12-15-27(5)14-11-13-26(3)4/h9-10,13,15,17-23H,7-8,11-12,14,16,24-25H2,1-6H3,(H,34,35)/b27-15+,28-23+. The second-order valence-corrected chi connectivity index (χ2v) is 11.0. The Morgan fingerprint density at radius 3 is 2.08 bits per heavy atom. The molecule has 2 rings (SSSR count). The lowest BCUT2D eigenvalue weighted by atomic mass is 10.1. The van der Waals surface area contributed by atoms with Crippen molar-refractivity contribution in [3.8, 4) is 5.75 Å². The molecule has 7 heteroatoms. The summed E-state index contributed by atoms with van der Waals surface area (Å²) in [6.07, 6.45) is 10.9. The van der Waals surface area contributed by atoms with Gasteiger partial charge in [0.1, 0.15) is 12.4 Å². The average molecular weight is 568 g/mol. The summed E-state index contributed by atoms with van der Waals surface area (Å²) in [6.45, 7) is 14.3. The van der Waals surface area contributed by atoms with Gasteiger partial charge in [0.05, 0.1) is 25.4 Å². The Balaban J connectivity index is 1.86. The fourth-order valence-electron chi connectivity index (χ4n) is 3.73. The number of hydrogen-bond acceptors (Lipinski definition) is 5. The van der Waals surface area contributed by atoms with Crippen molar-refractivity contribution in [3.05, 3.63) is 94.6 Å². The normalized spacial score (nSPS) is 12.0. The molecule has 2 aromatic carbocycles. The van der Waals surface area contributed by atoms with Crippen molar-refractivity contribution in [2.24, 2.45) is 0 Å². The number of nitrogens with one attached hydrogen (secondary N) is 1. The highest BCUT2D eigenvalue weighted by molar-refractivity contribution is 7.41. The number of carbonyl (C=O) groups excluding carboxylic acids is 1. The van der Waals surface area contributed by atoms with E-state index in [2.05, 4.69) is 51.2 Å². The summed E-state index contributed by atoms with van der Waals surface area (Å²) in [5.41, 5.74) is 6.23. The van der Waals surface area contributed by atoms with E-state index in [1.54, 1.807) is 6.07 Å². The van der Waals surface area contributed by atoms with E-state index in [-0.39, 0.29) is 5.91 Å². The van der Waals surface area contributed by atoms with Crippen LogP contribution >= 0.6 is 8.60 Å². The van der Waals surface area contributed by atoms with Crippen molar-refractivity contribution in [3.63, 3.8) is 0 Å². The first kappa shape index (κ1) is 33.4. The first-order valence-electron chi connectivity index (χ1n) is 14.1. The maximum atomic E-state index is 13.0. The number of allylic oxidation sites excluding steroid dienone is 5. The molecule has 0 heterocycles. The Morgan fingerprint density at radius 2 is 1.43 bits per heavy atom. The van der Waals surface area contributed by atoms with E-state index >= 15 is 0 Å². The summed E-state index contributed by atoms with van der Waals surface area (Å²) in [5.74, 6) is 0.342. The summed E-state index contributed by atoms with van der Waals surface area (Å²) in [7, 11) is -1.35. The zero-order valence-corrected chi connectivity index (χ0v) is 25.9. The van der Waals surface area contributed by atoms with Gasteiger partial charge in [-0.1, -0.05) is 53.1 Å². The van der Waals surface area contributed by atoms with Crippen molar-refractivity contribution < 1.29 is 23.1 Å². The molecule has 0 aromatic heterocycles. The molecule has 0 saturated carbocycles. The number of rotatable bonds is 18. The molecule has 1 amide bonds. The Labute approximate surface area is 242 Å². The summed E-state index contributed by atoms with van der Waals surface area (Å²) >= 11 is 0. The molecular formula is C33H46NO5P. The monoisotopic (exact) mass is 567 g/mol. The van der Waals surface area contributed by atoms with Gasteiger partial charge in [-0.25, -0.2) is 0 Å². The number of benzene rings is 2. The largest absolute Gasteiger partial charge is 0.489 e. The van der Waals surface area contributed by atoms with Crippen molar-refractivity contribution in [1.29, 1.82) is 0 Å². The number of para-hydroxylation sites is 1. The molecule has 0 unspecified atom stereocenters. The van der Waals surface area contributed by atoms with Crippen molar-refractivity contribution in [2.75, 3.05) is 25.1 Å². The third-order valence-corrected chi connectivity index (χ3v) is 7.22. The summed E-state index contributed by atoms with van der Waals surface area (Å²) in [5, 5.41) is 2.96. The average Bonchev–Trinajstić information content (AvgIpc) is 2.93. The molecule has 0 aliphatic carbocycles. The molecule has 0 aliphatic heterocycles. The minimum Gasteiger partial charge on any atom is -0.489 e. The summed E-state index contributed by atoms with van der Waals surface area (Å²) < 4.78 is 22.7. The Bertz CT molecular complexity index is 1110. The van der Waals surface area contributed by atoms with Gasteiger partial charge in [0.15, 0.2) is 0 Å². The molecule has 0 aliphatic rings. The van der Waals surface area contributed by atoms with Gasteiger partial charge in [0.2, 0.25) is 0 Å². The van der Waals surface area contributed by atoms with E-state index in [1.165, 1.54) is 16.7 Å². The molecular weight excluding hydrogens is 521 g/mol. The van der Waals surface area contributed by atoms with Crippen molar-refractivity contribution in [2.45, 2.75) is 73.8 Å². The van der Waals surface area contributed by atoms with Crippen LogP contribution in [0, 0.1) is 0 Å². The SMILES string of the molecule is CCOP(OCC)OCc1ccc(NC(=O)c2ccccc2OC/C=C(\C)CC/C=C(\C)CCC=C(C)C)cc1. The number of carbonyl (C=O) groups is 1. The van der Waals surface area contributed by atoms with E-state index in [9.17, 15) is 4.79 Å². The van der Waals surface area contributed by atoms with Crippen LogP contribution in [0.15, 0.2) is 83.5 Å². The fraction of sp³-hybridized carbons (Fsp3) is 0.424. The lowest BCUT2D eigenvalue weighted by Gasteiger charge is -2.15. The van der Waals surface area contributed by atoms with Crippen LogP contribution in [0.3, 0.4) is 0 Å². The first-order valence-corrected chi connectivity index (χ1v) is 15.2. The molecule has 1 N–H and O–H groups in total. The topological polar surface area (TPSA) is 66.0 Å². The number of hydrogen-bond donors (Lipinski definition) is 1. The van der Waals surface area contributed by atoms with Crippen molar-refractivity contribution >= 4 is 20.2 Å². The van der Waals surface area contributed by atoms with Gasteiger partial charge in [-0.15, -0.1) is 0 Å². The maximum absolute atomic E-state index is 13.0. The number of anilines is 1. The molecule has 0 saturated heterocycles. The summed E-state index contributed by atoms with van der Waals surface area (Å²) in [6, 6.07) is 14.8. The lowest BCUT2D eigenvalue weighted by Crippen LogP contribution is -2.13. The second kappa shape index (κ2) is 19.3. The molecule has 218 valence electrons. The van der Waals surface area contributed by atoms with E-state index in [0.717, 1.165) is 31.2 Å². The van der Waals surface area contributed by atoms with Crippen LogP contribution in [0.1, 0.15) is 83.1 Å². The number of ether oxygens (including phenoxy) is 1. The van der Waals surface area contributed by atoms with Crippen molar-refractivity contribution in [1.82, 2.24) is 0 Å². The second-order valence-electron chi connectivity index (χ2n) is 9.75. The molecule has 0 atom stereocenters. The molecule has 0 bridgehead atoms. The molecule has 0 radical (unpaired) electrons. The van der Waals surface area contributed by atoms with Gasteiger partial charge in [0.25, 0.3) is 5.91 Å². The minimum atomic E-state index is -1.35. The van der Waals surface area contributed by atoms with Gasteiger partial charge < -0.3 is 23.6 Å². The van der Waals surface area contributed by atoms with Crippen LogP contribution in [0.4, 0.5) is 5.69 Å².